The summed E-state index contributed by atoms with van der Waals surface area (Å²) in [5.74, 6) is 0. The SMILES string of the molecule is COCCCN(CCOC)c1cccc(N)c1. The molecule has 4 nitrogen and oxygen atoms in total. The van der Waals surface area contributed by atoms with E-state index >= 15 is 0 Å². The fourth-order valence-corrected chi connectivity index (χ4v) is 1.69. The van der Waals surface area contributed by atoms with Gasteiger partial charge in [-0.1, -0.05) is 6.07 Å². The summed E-state index contributed by atoms with van der Waals surface area (Å²) >= 11 is 0. The van der Waals surface area contributed by atoms with Crippen LogP contribution >= 0.6 is 0 Å². The number of hydrogen-bond donors (Lipinski definition) is 1. The first-order chi connectivity index (χ1) is 8.27. The maximum Gasteiger partial charge on any atom is 0.0637 e. The fraction of sp³-hybridized carbons (Fsp3) is 0.538. The van der Waals surface area contributed by atoms with Gasteiger partial charge in [0.25, 0.3) is 0 Å². The second kappa shape index (κ2) is 7.92. The fourth-order valence-electron chi connectivity index (χ4n) is 1.69. The number of hydrogen-bond acceptors (Lipinski definition) is 4. The average Bonchev–Trinajstić information content (AvgIpc) is 2.33. The van der Waals surface area contributed by atoms with Crippen LogP contribution in [-0.2, 0) is 9.47 Å². The van der Waals surface area contributed by atoms with Crippen molar-refractivity contribution in [2.75, 3.05) is 51.2 Å². The van der Waals surface area contributed by atoms with Gasteiger partial charge in [-0.05, 0) is 24.6 Å². The Kier molecular flexibility index (Phi) is 6.43. The Labute approximate surface area is 103 Å². The smallest absolute Gasteiger partial charge is 0.0637 e. The summed E-state index contributed by atoms with van der Waals surface area (Å²) in [5, 5.41) is 0. The van der Waals surface area contributed by atoms with Crippen LogP contribution < -0.4 is 10.6 Å². The van der Waals surface area contributed by atoms with E-state index in [2.05, 4.69) is 11.0 Å². The number of ether oxygens (including phenoxy) is 2. The van der Waals surface area contributed by atoms with E-state index in [-0.39, 0.29) is 0 Å². The zero-order valence-electron chi connectivity index (χ0n) is 10.7. The maximum absolute atomic E-state index is 5.80. The van der Waals surface area contributed by atoms with Crippen LogP contribution in [0, 0.1) is 0 Å². The highest BCUT2D eigenvalue weighted by Crippen LogP contribution is 2.17. The van der Waals surface area contributed by atoms with Gasteiger partial charge in [-0.2, -0.15) is 0 Å². The van der Waals surface area contributed by atoms with Crippen molar-refractivity contribution in [2.45, 2.75) is 6.42 Å². The molecule has 0 bridgehead atoms. The molecule has 1 rings (SSSR count). The van der Waals surface area contributed by atoms with Crippen LogP contribution in [0.25, 0.3) is 0 Å². The van der Waals surface area contributed by atoms with Gasteiger partial charge in [0.2, 0.25) is 0 Å². The first-order valence-electron chi connectivity index (χ1n) is 5.86. The van der Waals surface area contributed by atoms with Gasteiger partial charge in [0, 0.05) is 45.3 Å². The predicted octanol–water partition coefficient (Wildman–Crippen LogP) is 1.76. The summed E-state index contributed by atoms with van der Waals surface area (Å²) in [6.07, 6.45) is 0.995. The van der Waals surface area contributed by atoms with E-state index in [1.54, 1.807) is 14.2 Å². The van der Waals surface area contributed by atoms with Crippen molar-refractivity contribution in [3.63, 3.8) is 0 Å². The Balaban J connectivity index is 2.60. The summed E-state index contributed by atoms with van der Waals surface area (Å²) in [5.41, 5.74) is 7.72. The molecule has 0 unspecified atom stereocenters. The lowest BCUT2D eigenvalue weighted by Gasteiger charge is -2.24. The lowest BCUT2D eigenvalue weighted by atomic mass is 10.2. The van der Waals surface area contributed by atoms with Gasteiger partial charge in [0.15, 0.2) is 0 Å². The van der Waals surface area contributed by atoms with Crippen LogP contribution in [0.15, 0.2) is 24.3 Å². The number of methoxy groups -OCH3 is 2. The molecule has 0 radical (unpaired) electrons. The highest BCUT2D eigenvalue weighted by atomic mass is 16.5. The van der Waals surface area contributed by atoms with Crippen molar-refractivity contribution < 1.29 is 9.47 Å². The largest absolute Gasteiger partial charge is 0.399 e. The van der Waals surface area contributed by atoms with Crippen LogP contribution in [0.1, 0.15) is 6.42 Å². The van der Waals surface area contributed by atoms with E-state index < -0.39 is 0 Å². The lowest BCUT2D eigenvalue weighted by molar-refractivity contribution is 0.191. The van der Waals surface area contributed by atoms with Crippen molar-refractivity contribution in [2.24, 2.45) is 0 Å². The van der Waals surface area contributed by atoms with Crippen LogP contribution in [0.5, 0.6) is 0 Å². The Hall–Kier alpha value is -1.26. The molecule has 0 atom stereocenters. The average molecular weight is 238 g/mol. The van der Waals surface area contributed by atoms with Crippen LogP contribution in [-0.4, -0.2) is 40.5 Å². The number of nitrogens with two attached hydrogens (primary N) is 1. The van der Waals surface area contributed by atoms with E-state index in [1.165, 1.54) is 0 Å². The van der Waals surface area contributed by atoms with Crippen molar-refractivity contribution in [1.29, 1.82) is 0 Å². The number of rotatable bonds is 8. The van der Waals surface area contributed by atoms with Crippen LogP contribution in [0.4, 0.5) is 11.4 Å². The molecule has 0 aliphatic heterocycles. The van der Waals surface area contributed by atoms with Crippen molar-refractivity contribution in [3.05, 3.63) is 24.3 Å². The molecular weight excluding hydrogens is 216 g/mol. The number of benzene rings is 1. The van der Waals surface area contributed by atoms with Crippen molar-refractivity contribution >= 4 is 11.4 Å². The molecule has 0 aromatic heterocycles. The van der Waals surface area contributed by atoms with Gasteiger partial charge < -0.3 is 20.1 Å². The van der Waals surface area contributed by atoms with Crippen LogP contribution in [0.2, 0.25) is 0 Å². The minimum Gasteiger partial charge on any atom is -0.399 e. The van der Waals surface area contributed by atoms with Gasteiger partial charge in [-0.15, -0.1) is 0 Å². The number of nitrogens with zero attached hydrogens (tertiary/aromatic N) is 1. The third-order valence-corrected chi connectivity index (χ3v) is 2.58. The molecule has 0 spiro atoms. The van der Waals surface area contributed by atoms with E-state index in [0.717, 1.165) is 37.5 Å². The molecule has 4 heteroatoms. The third kappa shape index (κ3) is 5.06. The van der Waals surface area contributed by atoms with Crippen LogP contribution in [0.3, 0.4) is 0 Å². The molecule has 1 aromatic carbocycles. The Bertz CT molecular complexity index is 318. The standard InChI is InChI=1S/C13H22N2O2/c1-16-9-4-7-15(8-10-17-2)13-6-3-5-12(14)11-13/h3,5-6,11H,4,7-10,14H2,1-2H3. The molecule has 0 aliphatic carbocycles. The van der Waals surface area contributed by atoms with Gasteiger partial charge in [0.1, 0.15) is 0 Å². The monoisotopic (exact) mass is 238 g/mol. The van der Waals surface area contributed by atoms with Gasteiger partial charge in [0.05, 0.1) is 6.61 Å². The lowest BCUT2D eigenvalue weighted by Crippen LogP contribution is -2.29. The molecule has 17 heavy (non-hydrogen) atoms. The van der Waals surface area contributed by atoms with E-state index in [4.69, 9.17) is 15.2 Å². The molecule has 0 aliphatic rings. The highest BCUT2D eigenvalue weighted by Gasteiger charge is 2.06. The maximum atomic E-state index is 5.80. The molecule has 0 saturated carbocycles. The second-order valence-electron chi connectivity index (χ2n) is 3.92. The quantitative estimate of drug-likeness (QED) is 0.554. The molecule has 1 aromatic rings. The minimum absolute atomic E-state index is 0.710. The third-order valence-electron chi connectivity index (χ3n) is 2.58. The Morgan fingerprint density at radius 2 is 1.88 bits per heavy atom. The molecule has 0 fully saturated rings. The van der Waals surface area contributed by atoms with E-state index in [9.17, 15) is 0 Å². The second-order valence-corrected chi connectivity index (χ2v) is 3.92. The molecule has 96 valence electrons. The number of nitrogen functional groups attached to an aromatic ring is 1. The predicted molar refractivity (Wildman–Crippen MR) is 71.4 cm³/mol. The van der Waals surface area contributed by atoms with Gasteiger partial charge in [-0.25, -0.2) is 0 Å². The summed E-state index contributed by atoms with van der Waals surface area (Å²) in [6.45, 7) is 3.29. The minimum atomic E-state index is 0.710. The summed E-state index contributed by atoms with van der Waals surface area (Å²) in [6, 6.07) is 7.93. The normalized spacial score (nSPS) is 10.5. The topological polar surface area (TPSA) is 47.7 Å². The van der Waals surface area contributed by atoms with Gasteiger partial charge in [-0.3, -0.25) is 0 Å². The molecule has 0 heterocycles. The summed E-state index contributed by atoms with van der Waals surface area (Å²) in [4.78, 5) is 2.26. The summed E-state index contributed by atoms with van der Waals surface area (Å²) in [7, 11) is 3.44. The molecule has 0 amide bonds. The van der Waals surface area contributed by atoms with E-state index in [0.29, 0.717) is 6.61 Å². The molecule has 2 N–H and O–H groups in total. The van der Waals surface area contributed by atoms with Crippen molar-refractivity contribution in [1.82, 2.24) is 0 Å². The first-order valence-corrected chi connectivity index (χ1v) is 5.86. The summed E-state index contributed by atoms with van der Waals surface area (Å²) < 4.78 is 10.2. The number of anilines is 2. The highest BCUT2D eigenvalue weighted by molar-refractivity contribution is 5.55. The van der Waals surface area contributed by atoms with Gasteiger partial charge >= 0.3 is 0 Å². The molecule has 0 saturated heterocycles. The first kappa shape index (κ1) is 13.8. The van der Waals surface area contributed by atoms with E-state index in [1.807, 2.05) is 18.2 Å². The zero-order valence-corrected chi connectivity index (χ0v) is 10.7. The Morgan fingerprint density at radius 1 is 1.12 bits per heavy atom. The zero-order chi connectivity index (χ0) is 12.5. The Morgan fingerprint density at radius 3 is 2.53 bits per heavy atom. The molecular formula is C13H22N2O2. The van der Waals surface area contributed by atoms with Crippen molar-refractivity contribution in [3.8, 4) is 0 Å².